The fourth-order valence-electron chi connectivity index (χ4n) is 0.790. The van der Waals surface area contributed by atoms with E-state index in [1.807, 2.05) is 11.4 Å². The molecule has 0 aliphatic rings. The second-order valence-corrected chi connectivity index (χ2v) is 4.60. The molecular formula is C7H8BrNO2S. The van der Waals surface area contributed by atoms with E-state index in [9.17, 15) is 4.79 Å². The molecule has 66 valence electrons. The van der Waals surface area contributed by atoms with E-state index in [-0.39, 0.29) is 0 Å². The zero-order valence-corrected chi connectivity index (χ0v) is 8.56. The summed E-state index contributed by atoms with van der Waals surface area (Å²) < 4.78 is 0.958. The number of halogens is 1. The molecule has 3 nitrogen and oxygen atoms in total. The molecule has 0 aliphatic carbocycles. The molecule has 0 radical (unpaired) electrons. The first kappa shape index (κ1) is 9.70. The maximum atomic E-state index is 10.4. The second-order valence-electron chi connectivity index (χ2n) is 2.37. The summed E-state index contributed by atoms with van der Waals surface area (Å²) in [5.74, 6) is -0.965. The number of carboxylic acid groups (broad SMARTS) is 1. The van der Waals surface area contributed by atoms with Crippen LogP contribution in [0.15, 0.2) is 15.2 Å². The average Bonchev–Trinajstić information content (AvgIpc) is 2.36. The molecule has 0 unspecified atom stereocenters. The average molecular weight is 250 g/mol. The van der Waals surface area contributed by atoms with Gasteiger partial charge in [0.1, 0.15) is 6.04 Å². The van der Waals surface area contributed by atoms with Gasteiger partial charge in [0.25, 0.3) is 0 Å². The predicted molar refractivity (Wildman–Crippen MR) is 51.3 cm³/mol. The van der Waals surface area contributed by atoms with E-state index < -0.39 is 12.0 Å². The molecule has 0 aliphatic heterocycles. The fraction of sp³-hybridized carbons (Fsp3) is 0.286. The van der Waals surface area contributed by atoms with Crippen molar-refractivity contribution in [1.82, 2.24) is 0 Å². The molecule has 0 saturated heterocycles. The molecule has 0 bridgehead atoms. The van der Waals surface area contributed by atoms with Gasteiger partial charge in [0.2, 0.25) is 0 Å². The first-order chi connectivity index (χ1) is 5.61. The monoisotopic (exact) mass is 249 g/mol. The third kappa shape index (κ3) is 2.30. The highest BCUT2D eigenvalue weighted by molar-refractivity contribution is 9.11. The van der Waals surface area contributed by atoms with Crippen molar-refractivity contribution in [3.63, 3.8) is 0 Å². The minimum absolute atomic E-state index is 0.374. The zero-order chi connectivity index (χ0) is 9.14. The number of carbonyl (C=O) groups is 1. The van der Waals surface area contributed by atoms with Gasteiger partial charge < -0.3 is 10.8 Å². The largest absolute Gasteiger partial charge is 0.480 e. The summed E-state index contributed by atoms with van der Waals surface area (Å²) >= 11 is 4.84. The summed E-state index contributed by atoms with van der Waals surface area (Å²) in [6.07, 6.45) is 0.374. The topological polar surface area (TPSA) is 63.3 Å². The standard InChI is InChI=1S/C7H8BrNO2S/c8-6-4(1-2-12-6)3-5(9)7(10)11/h1-2,5H,3,9H2,(H,10,11)/t5-/m0/s1. The highest BCUT2D eigenvalue weighted by Gasteiger charge is 2.13. The maximum absolute atomic E-state index is 10.4. The lowest BCUT2D eigenvalue weighted by atomic mass is 10.1. The molecular weight excluding hydrogens is 242 g/mol. The van der Waals surface area contributed by atoms with Gasteiger partial charge >= 0.3 is 5.97 Å². The molecule has 5 heteroatoms. The van der Waals surface area contributed by atoms with Gasteiger partial charge in [-0.2, -0.15) is 0 Å². The van der Waals surface area contributed by atoms with Crippen molar-refractivity contribution in [3.05, 3.63) is 20.8 Å². The van der Waals surface area contributed by atoms with Crippen LogP contribution in [0.5, 0.6) is 0 Å². The smallest absolute Gasteiger partial charge is 0.320 e. The highest BCUT2D eigenvalue weighted by atomic mass is 79.9. The molecule has 1 atom stereocenters. The summed E-state index contributed by atoms with van der Waals surface area (Å²) in [7, 11) is 0. The highest BCUT2D eigenvalue weighted by Crippen LogP contribution is 2.24. The first-order valence-electron chi connectivity index (χ1n) is 3.31. The van der Waals surface area contributed by atoms with Crippen LogP contribution in [0.3, 0.4) is 0 Å². The molecule has 0 spiro atoms. The van der Waals surface area contributed by atoms with Gasteiger partial charge in [-0.3, -0.25) is 4.79 Å². The maximum Gasteiger partial charge on any atom is 0.320 e. The van der Waals surface area contributed by atoms with E-state index in [0.29, 0.717) is 6.42 Å². The molecule has 1 rings (SSSR count). The van der Waals surface area contributed by atoms with Crippen LogP contribution in [0.25, 0.3) is 0 Å². The molecule has 1 aromatic rings. The van der Waals surface area contributed by atoms with E-state index in [0.717, 1.165) is 9.35 Å². The van der Waals surface area contributed by atoms with Crippen LogP contribution in [0.2, 0.25) is 0 Å². The van der Waals surface area contributed by atoms with Crippen LogP contribution in [0.1, 0.15) is 5.56 Å². The quantitative estimate of drug-likeness (QED) is 0.853. The summed E-state index contributed by atoms with van der Waals surface area (Å²) in [5, 5.41) is 10.4. The number of nitrogens with two attached hydrogens (primary N) is 1. The number of hydrogen-bond acceptors (Lipinski definition) is 3. The molecule has 3 N–H and O–H groups in total. The van der Waals surface area contributed by atoms with Crippen LogP contribution in [0, 0.1) is 0 Å². The Bertz CT molecular complexity index is 287. The van der Waals surface area contributed by atoms with Gasteiger partial charge in [0, 0.05) is 6.42 Å². The van der Waals surface area contributed by atoms with Crippen LogP contribution in [-0.4, -0.2) is 17.1 Å². The van der Waals surface area contributed by atoms with Gasteiger partial charge in [-0.25, -0.2) is 0 Å². The third-order valence-electron chi connectivity index (χ3n) is 1.45. The summed E-state index contributed by atoms with van der Waals surface area (Å²) in [4.78, 5) is 10.4. The van der Waals surface area contributed by atoms with Crippen molar-refractivity contribution >= 4 is 33.2 Å². The number of rotatable bonds is 3. The van der Waals surface area contributed by atoms with Gasteiger partial charge in [0.05, 0.1) is 3.79 Å². The van der Waals surface area contributed by atoms with Crippen LogP contribution < -0.4 is 5.73 Å². The van der Waals surface area contributed by atoms with Crippen molar-refractivity contribution in [2.24, 2.45) is 5.73 Å². The summed E-state index contributed by atoms with van der Waals surface area (Å²) in [5.41, 5.74) is 6.31. The Morgan fingerprint density at radius 1 is 1.83 bits per heavy atom. The minimum Gasteiger partial charge on any atom is -0.480 e. The Kier molecular flexibility index (Phi) is 3.25. The Hall–Kier alpha value is -0.390. The van der Waals surface area contributed by atoms with Crippen molar-refractivity contribution in [2.75, 3.05) is 0 Å². The Balaban J connectivity index is 2.64. The Labute approximate surface area is 82.3 Å². The molecule has 0 saturated carbocycles. The number of hydrogen-bond donors (Lipinski definition) is 2. The molecule has 1 heterocycles. The SMILES string of the molecule is N[C@@H](Cc1ccsc1Br)C(=O)O. The Morgan fingerprint density at radius 2 is 2.50 bits per heavy atom. The summed E-state index contributed by atoms with van der Waals surface area (Å²) in [6.45, 7) is 0. The Morgan fingerprint density at radius 3 is 2.92 bits per heavy atom. The lowest BCUT2D eigenvalue weighted by Gasteiger charge is -2.03. The van der Waals surface area contributed by atoms with Crippen LogP contribution in [0.4, 0.5) is 0 Å². The van der Waals surface area contributed by atoms with E-state index >= 15 is 0 Å². The molecule has 12 heavy (non-hydrogen) atoms. The lowest BCUT2D eigenvalue weighted by molar-refractivity contribution is -0.138. The van der Waals surface area contributed by atoms with E-state index in [2.05, 4.69) is 15.9 Å². The zero-order valence-electron chi connectivity index (χ0n) is 6.16. The van der Waals surface area contributed by atoms with Crippen molar-refractivity contribution < 1.29 is 9.90 Å². The fourth-order valence-corrected chi connectivity index (χ4v) is 2.06. The van der Waals surface area contributed by atoms with E-state index in [4.69, 9.17) is 10.8 Å². The predicted octanol–water partition coefficient (Wildman–Crippen LogP) is 1.47. The van der Waals surface area contributed by atoms with Crippen molar-refractivity contribution in [3.8, 4) is 0 Å². The summed E-state index contributed by atoms with van der Waals surface area (Å²) in [6, 6.07) is 1.06. The normalized spacial score (nSPS) is 12.8. The molecule has 0 fully saturated rings. The van der Waals surface area contributed by atoms with Gasteiger partial charge in [0.15, 0.2) is 0 Å². The van der Waals surface area contributed by atoms with Gasteiger partial charge in [-0.15, -0.1) is 11.3 Å². The van der Waals surface area contributed by atoms with Crippen LogP contribution in [-0.2, 0) is 11.2 Å². The van der Waals surface area contributed by atoms with Crippen molar-refractivity contribution in [2.45, 2.75) is 12.5 Å². The van der Waals surface area contributed by atoms with Gasteiger partial charge in [-0.1, -0.05) is 0 Å². The third-order valence-corrected chi connectivity index (χ3v) is 3.26. The van der Waals surface area contributed by atoms with Crippen LogP contribution >= 0.6 is 27.3 Å². The first-order valence-corrected chi connectivity index (χ1v) is 4.99. The molecule has 1 aromatic heterocycles. The minimum atomic E-state index is -0.965. The number of thiophene rings is 1. The number of aliphatic carboxylic acids is 1. The van der Waals surface area contributed by atoms with Gasteiger partial charge in [-0.05, 0) is 32.9 Å². The second kappa shape index (κ2) is 4.02. The lowest BCUT2D eigenvalue weighted by Crippen LogP contribution is -2.32. The molecule has 0 amide bonds. The molecule has 0 aromatic carbocycles. The van der Waals surface area contributed by atoms with E-state index in [1.165, 1.54) is 11.3 Å². The van der Waals surface area contributed by atoms with Crippen molar-refractivity contribution in [1.29, 1.82) is 0 Å². The number of carboxylic acids is 1. The van der Waals surface area contributed by atoms with E-state index in [1.54, 1.807) is 0 Å².